The highest BCUT2D eigenvalue weighted by Gasteiger charge is 2.36. The van der Waals surface area contributed by atoms with E-state index in [1.54, 1.807) is 0 Å². The van der Waals surface area contributed by atoms with Gasteiger partial charge in [-0.3, -0.25) is 9.79 Å². The molecule has 0 aliphatic carbocycles. The number of aromatic carboxylic acids is 1. The summed E-state index contributed by atoms with van der Waals surface area (Å²) < 4.78 is 24.4. The van der Waals surface area contributed by atoms with Gasteiger partial charge in [-0.25, -0.2) is 9.18 Å². The molecular weight excluding hydrogens is 318 g/mol. The highest BCUT2D eigenvalue weighted by Crippen LogP contribution is 2.32. The van der Waals surface area contributed by atoms with Crippen molar-refractivity contribution in [3.05, 3.63) is 41.4 Å². The molecule has 1 aliphatic rings. The number of fused-ring (bicyclic) bond motifs is 1. The zero-order valence-corrected chi connectivity index (χ0v) is 13.3. The minimum Gasteiger partial charge on any atom is -0.531 e. The Bertz CT molecular complexity index is 735. The van der Waals surface area contributed by atoms with Crippen LogP contribution in [0.3, 0.4) is 0 Å². The van der Waals surface area contributed by atoms with Crippen LogP contribution in [0.4, 0.5) is 4.39 Å². The Morgan fingerprint density at radius 2 is 2.25 bits per heavy atom. The minimum atomic E-state index is -1.43. The summed E-state index contributed by atoms with van der Waals surface area (Å²) in [4.78, 5) is 26.9. The monoisotopic (exact) mass is 334 g/mol. The Labute approximate surface area is 138 Å². The van der Waals surface area contributed by atoms with Crippen molar-refractivity contribution in [1.29, 1.82) is 0 Å². The number of halogens is 1. The van der Waals surface area contributed by atoms with E-state index in [0.717, 1.165) is 6.07 Å². The average molecular weight is 334 g/mol. The van der Waals surface area contributed by atoms with Gasteiger partial charge in [0.25, 0.3) is 0 Å². The van der Waals surface area contributed by atoms with Crippen LogP contribution in [-0.2, 0) is 15.9 Å². The van der Waals surface area contributed by atoms with Crippen molar-refractivity contribution in [3.8, 4) is 5.75 Å². The number of aliphatic imine (C=N–C) groups is 1. The molecule has 0 saturated heterocycles. The van der Waals surface area contributed by atoms with Gasteiger partial charge in [0.15, 0.2) is 0 Å². The maximum Gasteiger partial charge on any atom is 0.578 e. The number of nitrogens with one attached hydrogen (secondary N) is 1. The van der Waals surface area contributed by atoms with Gasteiger partial charge in [0.05, 0.1) is 12.0 Å². The van der Waals surface area contributed by atoms with E-state index in [1.165, 1.54) is 20.2 Å². The van der Waals surface area contributed by atoms with Gasteiger partial charge < -0.3 is 19.7 Å². The predicted octanol–water partition coefficient (Wildman–Crippen LogP) is 1.22. The molecule has 1 aliphatic heterocycles. The van der Waals surface area contributed by atoms with Crippen LogP contribution in [0, 0.1) is 5.82 Å². The molecule has 0 bridgehead atoms. The highest BCUT2D eigenvalue weighted by atomic mass is 19.1. The third-order valence-electron chi connectivity index (χ3n) is 3.43. The first-order valence-electron chi connectivity index (χ1n) is 7.07. The van der Waals surface area contributed by atoms with E-state index < -0.39 is 24.5 Å². The number of carbonyl (C=O) groups excluding carboxylic acids is 1. The molecule has 0 radical (unpaired) electrons. The molecule has 0 aromatic heterocycles. The van der Waals surface area contributed by atoms with Gasteiger partial charge in [-0.05, 0) is 11.6 Å². The summed E-state index contributed by atoms with van der Waals surface area (Å²) in [7, 11) is 1.87. The molecule has 126 valence electrons. The summed E-state index contributed by atoms with van der Waals surface area (Å²) >= 11 is 0. The molecule has 1 amide bonds. The summed E-state index contributed by atoms with van der Waals surface area (Å²) in [5.41, 5.74) is 0.646. The standard InChI is InChI=1S/C15H16BFN2O5/c1-8(6-12(20)18-2)19-11-7-9-4-5-10(17)13(15(21)22)14(9)24-16(11)23-3/h4-5H,1,6-7H2,2-3H3,(H,18,20)(H,21,22). The van der Waals surface area contributed by atoms with Gasteiger partial charge in [0.2, 0.25) is 5.91 Å². The number of hydrogen-bond donors (Lipinski definition) is 2. The van der Waals surface area contributed by atoms with Gasteiger partial charge in [-0.1, -0.05) is 12.6 Å². The van der Waals surface area contributed by atoms with E-state index in [2.05, 4.69) is 16.9 Å². The van der Waals surface area contributed by atoms with Crippen LogP contribution >= 0.6 is 0 Å². The Kier molecular flexibility index (Phi) is 5.35. The second kappa shape index (κ2) is 7.26. The number of benzene rings is 1. The summed E-state index contributed by atoms with van der Waals surface area (Å²) in [6.45, 7) is 3.71. The first kappa shape index (κ1) is 17.7. The fourth-order valence-electron chi connectivity index (χ4n) is 2.32. The maximum atomic E-state index is 13.8. The van der Waals surface area contributed by atoms with E-state index in [-0.39, 0.29) is 24.5 Å². The van der Waals surface area contributed by atoms with Gasteiger partial charge in [-0.15, -0.1) is 0 Å². The van der Waals surface area contributed by atoms with Crippen LogP contribution in [0.15, 0.2) is 29.4 Å². The van der Waals surface area contributed by atoms with E-state index in [1.807, 2.05) is 0 Å². The zero-order chi connectivity index (χ0) is 17.9. The third kappa shape index (κ3) is 3.62. The first-order chi connectivity index (χ1) is 11.4. The number of carbonyl (C=O) groups is 2. The van der Waals surface area contributed by atoms with Gasteiger partial charge in [-0.2, -0.15) is 0 Å². The maximum absolute atomic E-state index is 13.8. The van der Waals surface area contributed by atoms with Crippen LogP contribution in [0.25, 0.3) is 0 Å². The molecule has 2 rings (SSSR count). The quantitative estimate of drug-likeness (QED) is 0.789. The Morgan fingerprint density at radius 1 is 1.54 bits per heavy atom. The molecule has 1 aromatic rings. The van der Waals surface area contributed by atoms with E-state index in [9.17, 15) is 14.0 Å². The molecule has 0 fully saturated rings. The highest BCUT2D eigenvalue weighted by molar-refractivity contribution is 6.83. The molecule has 2 N–H and O–H groups in total. The molecule has 1 aromatic carbocycles. The summed E-state index contributed by atoms with van der Waals surface area (Å²) in [5.74, 6) is -2.64. The second-order valence-electron chi connectivity index (χ2n) is 5.10. The van der Waals surface area contributed by atoms with E-state index in [4.69, 9.17) is 14.4 Å². The SMILES string of the molecule is C=C(CC(=O)NC)N=C1Cc2ccc(F)c(C(=O)O)c2OB1OC. The molecule has 7 nitrogen and oxygen atoms in total. The number of carboxylic acids is 1. The predicted molar refractivity (Wildman–Crippen MR) is 85.7 cm³/mol. The lowest BCUT2D eigenvalue weighted by molar-refractivity contribution is -0.119. The number of nitrogens with zero attached hydrogens (tertiary/aromatic N) is 1. The van der Waals surface area contributed by atoms with Crippen LogP contribution in [0.5, 0.6) is 5.75 Å². The van der Waals surface area contributed by atoms with Crippen molar-refractivity contribution in [2.45, 2.75) is 12.8 Å². The third-order valence-corrected chi connectivity index (χ3v) is 3.43. The van der Waals surface area contributed by atoms with Crippen LogP contribution < -0.4 is 9.97 Å². The number of rotatable bonds is 5. The van der Waals surface area contributed by atoms with E-state index >= 15 is 0 Å². The van der Waals surface area contributed by atoms with Crippen molar-refractivity contribution in [2.24, 2.45) is 4.99 Å². The average Bonchev–Trinajstić information content (AvgIpc) is 2.53. The van der Waals surface area contributed by atoms with Crippen LogP contribution in [0.2, 0.25) is 0 Å². The molecular formula is C15H16BFN2O5. The first-order valence-corrected chi connectivity index (χ1v) is 7.07. The van der Waals surface area contributed by atoms with Crippen LogP contribution in [0.1, 0.15) is 22.3 Å². The molecule has 9 heteroatoms. The lowest BCUT2D eigenvalue weighted by atomic mass is 9.74. The van der Waals surface area contributed by atoms with Crippen molar-refractivity contribution in [1.82, 2.24) is 5.32 Å². The molecule has 1 heterocycles. The number of hydrogen-bond acceptors (Lipinski definition) is 5. The molecule has 0 spiro atoms. The van der Waals surface area contributed by atoms with Gasteiger partial charge >= 0.3 is 13.1 Å². The van der Waals surface area contributed by atoms with Crippen molar-refractivity contribution < 1.29 is 28.4 Å². The minimum absolute atomic E-state index is 0.00703. The Hall–Kier alpha value is -2.68. The fourth-order valence-corrected chi connectivity index (χ4v) is 2.32. The molecule has 24 heavy (non-hydrogen) atoms. The zero-order valence-electron chi connectivity index (χ0n) is 13.3. The van der Waals surface area contributed by atoms with Gasteiger partial charge in [0, 0.05) is 26.3 Å². The normalized spacial score (nSPS) is 14.8. The summed E-state index contributed by atoms with van der Waals surface area (Å²) in [6, 6.07) is 2.50. The lowest BCUT2D eigenvalue weighted by Gasteiger charge is -2.25. The second-order valence-corrected chi connectivity index (χ2v) is 5.10. The lowest BCUT2D eigenvalue weighted by Crippen LogP contribution is -2.41. The number of carboxylic acid groups (broad SMARTS) is 1. The molecule has 0 saturated carbocycles. The van der Waals surface area contributed by atoms with Gasteiger partial charge in [0.1, 0.15) is 17.1 Å². The van der Waals surface area contributed by atoms with E-state index in [0.29, 0.717) is 16.9 Å². The number of amides is 1. The van der Waals surface area contributed by atoms with Crippen molar-refractivity contribution in [3.63, 3.8) is 0 Å². The molecule has 0 unspecified atom stereocenters. The molecule has 0 atom stereocenters. The Morgan fingerprint density at radius 3 is 2.83 bits per heavy atom. The smallest absolute Gasteiger partial charge is 0.531 e. The van der Waals surface area contributed by atoms with Crippen molar-refractivity contribution in [2.75, 3.05) is 14.2 Å². The Balaban J connectivity index is 2.37. The van der Waals surface area contributed by atoms with Crippen LogP contribution in [-0.4, -0.2) is 43.9 Å². The van der Waals surface area contributed by atoms with Crippen molar-refractivity contribution >= 4 is 24.6 Å². The fraction of sp³-hybridized carbons (Fsp3) is 0.267. The largest absolute Gasteiger partial charge is 0.578 e. The summed E-state index contributed by atoms with van der Waals surface area (Å²) in [5, 5.41) is 11.6. The summed E-state index contributed by atoms with van der Waals surface area (Å²) in [6.07, 6.45) is 0.203. The topological polar surface area (TPSA) is 97.2 Å².